The van der Waals surface area contributed by atoms with Gasteiger partial charge < -0.3 is 10.1 Å². The van der Waals surface area contributed by atoms with Crippen molar-refractivity contribution >= 4 is 11.9 Å². The average molecular weight is 347 g/mol. The van der Waals surface area contributed by atoms with Crippen LogP contribution in [0.5, 0.6) is 5.75 Å². The highest BCUT2D eigenvalue weighted by Gasteiger charge is 2.27. The normalized spacial score (nSPS) is 15.3. The van der Waals surface area contributed by atoms with Crippen LogP contribution in [0.4, 0.5) is 4.79 Å². The van der Waals surface area contributed by atoms with Gasteiger partial charge in [-0.05, 0) is 29.7 Å². The number of carbonyl (C=O) groups is 2. The Morgan fingerprint density at radius 1 is 1.27 bits per heavy atom. The first-order valence-electron chi connectivity index (χ1n) is 7.61. The van der Waals surface area contributed by atoms with E-state index in [0.717, 1.165) is 11.3 Å². The van der Waals surface area contributed by atoms with Gasteiger partial charge in [-0.2, -0.15) is 5.26 Å². The maximum Gasteiger partial charge on any atom is 0.322 e. The summed E-state index contributed by atoms with van der Waals surface area (Å²) < 4.78 is 5.24. The largest absolute Gasteiger partial charge is 0.494 e. The number of nitriles is 1. The summed E-state index contributed by atoms with van der Waals surface area (Å²) in [5.41, 5.74) is 2.32. The number of rotatable bonds is 3. The first-order chi connectivity index (χ1) is 12.6. The number of pyridine rings is 2. The third-order valence-corrected chi connectivity index (χ3v) is 3.57. The van der Waals surface area contributed by atoms with Gasteiger partial charge in [-0.1, -0.05) is 12.0 Å². The maximum atomic E-state index is 11.5. The Morgan fingerprint density at radius 3 is 2.73 bits per heavy atom. The minimum atomic E-state index is -0.916. The maximum absolute atomic E-state index is 11.5. The van der Waals surface area contributed by atoms with Crippen molar-refractivity contribution in [1.29, 1.82) is 5.26 Å². The Morgan fingerprint density at radius 2 is 2.12 bits per heavy atom. The first kappa shape index (κ1) is 16.9. The Balaban J connectivity index is 1.83. The minimum absolute atomic E-state index is 0.347. The van der Waals surface area contributed by atoms with Crippen LogP contribution in [0.25, 0.3) is 0 Å². The van der Waals surface area contributed by atoms with Crippen LogP contribution in [0, 0.1) is 23.2 Å². The molecule has 0 bridgehead atoms. The zero-order chi connectivity index (χ0) is 18.5. The van der Waals surface area contributed by atoms with E-state index in [9.17, 15) is 9.59 Å². The molecule has 1 aliphatic heterocycles. The Hall–Kier alpha value is -3.91. The Kier molecular flexibility index (Phi) is 4.77. The van der Waals surface area contributed by atoms with Gasteiger partial charge in [0.25, 0.3) is 5.91 Å². The standard InChI is InChI=1S/C18H13N5O3/c1-26-16-7-4-12(8-11-2-3-13(9-19)20-10-11)21-14(16)5-6-15-17(24)23-18(25)22-15/h2-4,7,10,15H,8H2,1H3,(H2,22,23,24,25). The summed E-state index contributed by atoms with van der Waals surface area (Å²) in [6.45, 7) is 0. The second kappa shape index (κ2) is 7.32. The lowest BCUT2D eigenvalue weighted by Gasteiger charge is -2.06. The van der Waals surface area contributed by atoms with Gasteiger partial charge in [-0.15, -0.1) is 0 Å². The van der Waals surface area contributed by atoms with Crippen molar-refractivity contribution in [3.63, 3.8) is 0 Å². The molecule has 0 aliphatic carbocycles. The van der Waals surface area contributed by atoms with Crippen molar-refractivity contribution in [2.45, 2.75) is 12.5 Å². The van der Waals surface area contributed by atoms with Gasteiger partial charge >= 0.3 is 6.03 Å². The van der Waals surface area contributed by atoms with Gasteiger partial charge in [0.15, 0.2) is 17.5 Å². The number of hydrogen-bond donors (Lipinski definition) is 2. The molecule has 3 heterocycles. The lowest BCUT2D eigenvalue weighted by molar-refractivity contribution is -0.119. The molecule has 2 aromatic heterocycles. The molecule has 3 rings (SSSR count). The molecule has 3 amide bonds. The number of nitrogens with zero attached hydrogens (tertiary/aromatic N) is 3. The smallest absolute Gasteiger partial charge is 0.322 e. The molecule has 8 heteroatoms. The highest BCUT2D eigenvalue weighted by atomic mass is 16.5. The van der Waals surface area contributed by atoms with E-state index >= 15 is 0 Å². The molecule has 1 atom stereocenters. The van der Waals surface area contributed by atoms with Crippen molar-refractivity contribution in [1.82, 2.24) is 20.6 Å². The molecule has 1 saturated heterocycles. The molecule has 1 fully saturated rings. The van der Waals surface area contributed by atoms with Gasteiger partial charge in [-0.3, -0.25) is 10.1 Å². The summed E-state index contributed by atoms with van der Waals surface area (Å²) in [5.74, 6) is 5.42. The fourth-order valence-electron chi connectivity index (χ4n) is 2.30. The van der Waals surface area contributed by atoms with Crippen molar-refractivity contribution in [3.8, 4) is 23.7 Å². The van der Waals surface area contributed by atoms with E-state index in [0.29, 0.717) is 23.6 Å². The van der Waals surface area contributed by atoms with E-state index in [2.05, 4.69) is 32.4 Å². The molecule has 8 nitrogen and oxygen atoms in total. The second-order valence-corrected chi connectivity index (χ2v) is 5.36. The number of imide groups is 1. The van der Waals surface area contributed by atoms with Crippen LogP contribution >= 0.6 is 0 Å². The van der Waals surface area contributed by atoms with E-state index in [1.165, 1.54) is 7.11 Å². The highest BCUT2D eigenvalue weighted by Crippen LogP contribution is 2.17. The zero-order valence-electron chi connectivity index (χ0n) is 13.7. The number of aromatic nitrogens is 2. The van der Waals surface area contributed by atoms with Crippen LogP contribution in [-0.2, 0) is 11.2 Å². The lowest BCUT2D eigenvalue weighted by atomic mass is 10.1. The van der Waals surface area contributed by atoms with Gasteiger partial charge in [0.05, 0.1) is 7.11 Å². The monoisotopic (exact) mass is 347 g/mol. The lowest BCUT2D eigenvalue weighted by Crippen LogP contribution is -2.26. The zero-order valence-corrected chi connectivity index (χ0v) is 13.7. The fraction of sp³-hybridized carbons (Fsp3) is 0.167. The summed E-state index contributed by atoms with van der Waals surface area (Å²) in [5, 5.41) is 13.3. The number of urea groups is 1. The number of methoxy groups -OCH3 is 1. The molecule has 0 saturated carbocycles. The Bertz CT molecular complexity index is 967. The predicted molar refractivity (Wildman–Crippen MR) is 89.9 cm³/mol. The van der Waals surface area contributed by atoms with Gasteiger partial charge in [-0.25, -0.2) is 14.8 Å². The van der Waals surface area contributed by atoms with Crippen LogP contribution < -0.4 is 15.4 Å². The highest BCUT2D eigenvalue weighted by molar-refractivity contribution is 6.05. The summed E-state index contributed by atoms with van der Waals surface area (Å²) in [6.07, 6.45) is 2.12. The number of amides is 3. The third kappa shape index (κ3) is 3.77. The summed E-state index contributed by atoms with van der Waals surface area (Å²) in [4.78, 5) is 31.1. The quantitative estimate of drug-likeness (QED) is 0.617. The summed E-state index contributed by atoms with van der Waals surface area (Å²) in [6, 6.07) is 7.46. The van der Waals surface area contributed by atoms with Crippen LogP contribution in [-0.4, -0.2) is 35.1 Å². The van der Waals surface area contributed by atoms with Crippen molar-refractivity contribution in [2.24, 2.45) is 0 Å². The summed E-state index contributed by atoms with van der Waals surface area (Å²) in [7, 11) is 1.50. The van der Waals surface area contributed by atoms with Crippen molar-refractivity contribution < 1.29 is 14.3 Å². The van der Waals surface area contributed by atoms with Crippen LogP contribution in [0.1, 0.15) is 22.6 Å². The van der Waals surface area contributed by atoms with Crippen molar-refractivity contribution in [2.75, 3.05) is 7.11 Å². The summed E-state index contributed by atoms with van der Waals surface area (Å²) >= 11 is 0. The van der Waals surface area contributed by atoms with E-state index in [1.807, 2.05) is 6.07 Å². The van der Waals surface area contributed by atoms with Crippen LogP contribution in [0.2, 0.25) is 0 Å². The van der Waals surface area contributed by atoms with Gasteiger partial charge in [0, 0.05) is 18.3 Å². The molecule has 128 valence electrons. The van der Waals surface area contributed by atoms with Gasteiger partial charge in [0.1, 0.15) is 11.8 Å². The molecule has 0 spiro atoms. The van der Waals surface area contributed by atoms with E-state index < -0.39 is 18.0 Å². The molecule has 0 aromatic carbocycles. The van der Waals surface area contributed by atoms with E-state index in [4.69, 9.17) is 10.00 Å². The molecule has 1 unspecified atom stereocenters. The molecular weight excluding hydrogens is 334 g/mol. The second-order valence-electron chi connectivity index (χ2n) is 5.36. The molecule has 1 aliphatic rings. The molecular formula is C18H13N5O3. The number of ether oxygens (including phenoxy) is 1. The molecule has 2 N–H and O–H groups in total. The minimum Gasteiger partial charge on any atom is -0.494 e. The topological polar surface area (TPSA) is 117 Å². The number of carbonyl (C=O) groups excluding carboxylic acids is 2. The first-order valence-corrected chi connectivity index (χ1v) is 7.61. The predicted octanol–water partition coefficient (Wildman–Crippen LogP) is 0.507. The van der Waals surface area contributed by atoms with E-state index in [-0.39, 0.29) is 0 Å². The van der Waals surface area contributed by atoms with Crippen LogP contribution in [0.15, 0.2) is 30.5 Å². The number of hydrogen-bond acceptors (Lipinski definition) is 6. The Labute approximate surface area is 149 Å². The fourth-order valence-corrected chi connectivity index (χ4v) is 2.30. The number of nitrogens with one attached hydrogen (secondary N) is 2. The van der Waals surface area contributed by atoms with E-state index in [1.54, 1.807) is 30.5 Å². The SMILES string of the molecule is COc1ccc(Cc2ccc(C#N)nc2)nc1C#CC1NC(=O)NC1=O. The third-order valence-electron chi connectivity index (χ3n) is 3.57. The molecule has 2 aromatic rings. The molecule has 0 radical (unpaired) electrons. The molecule has 26 heavy (non-hydrogen) atoms. The average Bonchev–Trinajstić information content (AvgIpc) is 2.98. The van der Waals surface area contributed by atoms with Gasteiger partial charge in [0.2, 0.25) is 0 Å². The van der Waals surface area contributed by atoms with Crippen LogP contribution in [0.3, 0.4) is 0 Å². The van der Waals surface area contributed by atoms with Crippen molar-refractivity contribution in [3.05, 3.63) is 53.1 Å².